The number of nitrogens with two attached hydrogens (primary N) is 1. The predicted molar refractivity (Wildman–Crippen MR) is 112 cm³/mol. The fourth-order valence-electron chi connectivity index (χ4n) is 4.86. The van der Waals surface area contributed by atoms with Gasteiger partial charge in [-0.1, -0.05) is 6.42 Å². The molecule has 0 radical (unpaired) electrons. The molecule has 1 aromatic heterocycles. The first-order valence-corrected chi connectivity index (χ1v) is 10.1. The van der Waals surface area contributed by atoms with Crippen molar-refractivity contribution in [1.82, 2.24) is 9.88 Å². The standard InChI is InChI=1S/C18H28N4OS.2ClH/c1-12-11-20-18(24-12)22-7-5-21(6-8-22)17(23)15-9-13-3-2-4-14(10-15)16(13)19;;/h11,13-16H,2-10,19H2,1H3;2*1H. The summed E-state index contributed by atoms with van der Waals surface area (Å²) in [7, 11) is 0. The first-order chi connectivity index (χ1) is 11.6. The van der Waals surface area contributed by atoms with Gasteiger partial charge < -0.3 is 15.5 Å². The van der Waals surface area contributed by atoms with Crippen LogP contribution in [0.1, 0.15) is 37.0 Å². The Morgan fingerprint density at radius 1 is 1.15 bits per heavy atom. The van der Waals surface area contributed by atoms with Crippen molar-refractivity contribution in [3.05, 3.63) is 11.1 Å². The minimum atomic E-state index is 0. The largest absolute Gasteiger partial charge is 0.345 e. The number of nitrogens with zero attached hydrogens (tertiary/aromatic N) is 3. The van der Waals surface area contributed by atoms with Gasteiger partial charge in [-0.2, -0.15) is 0 Å². The number of amides is 1. The smallest absolute Gasteiger partial charge is 0.225 e. The summed E-state index contributed by atoms with van der Waals surface area (Å²) in [6, 6.07) is 0.341. The second-order valence-electron chi connectivity index (χ2n) is 7.76. The number of aromatic nitrogens is 1. The number of aryl methyl sites for hydroxylation is 1. The van der Waals surface area contributed by atoms with Crippen LogP contribution >= 0.6 is 36.2 Å². The molecule has 1 aromatic rings. The van der Waals surface area contributed by atoms with E-state index < -0.39 is 0 Å². The Morgan fingerprint density at radius 3 is 2.31 bits per heavy atom. The van der Waals surface area contributed by atoms with Gasteiger partial charge in [0.2, 0.25) is 5.91 Å². The molecule has 2 aliphatic carbocycles. The Hall–Kier alpha value is -0.560. The summed E-state index contributed by atoms with van der Waals surface area (Å²) in [6.07, 6.45) is 7.71. The first kappa shape index (κ1) is 21.7. The van der Waals surface area contributed by atoms with Crippen LogP contribution in [0.4, 0.5) is 5.13 Å². The van der Waals surface area contributed by atoms with E-state index in [0.29, 0.717) is 23.8 Å². The average Bonchev–Trinajstić information content (AvgIpc) is 3.01. The molecule has 1 aliphatic heterocycles. The third-order valence-electron chi connectivity index (χ3n) is 6.23. The summed E-state index contributed by atoms with van der Waals surface area (Å²) in [6.45, 7) is 5.55. The van der Waals surface area contributed by atoms with Gasteiger partial charge in [0, 0.05) is 49.2 Å². The maximum Gasteiger partial charge on any atom is 0.225 e. The molecule has 26 heavy (non-hydrogen) atoms. The molecular formula is C18H30Cl2N4OS. The highest BCUT2D eigenvalue weighted by Gasteiger charge is 2.41. The van der Waals surface area contributed by atoms with Crippen LogP contribution in [0.3, 0.4) is 0 Å². The molecule has 4 rings (SSSR count). The number of anilines is 1. The molecule has 0 spiro atoms. The molecule has 2 bridgehead atoms. The zero-order valence-electron chi connectivity index (χ0n) is 15.3. The van der Waals surface area contributed by atoms with Crippen LogP contribution in [0.15, 0.2) is 6.20 Å². The molecular weight excluding hydrogens is 391 g/mol. The van der Waals surface area contributed by atoms with E-state index in [-0.39, 0.29) is 30.7 Å². The lowest BCUT2D eigenvalue weighted by atomic mass is 9.65. The fourth-order valence-corrected chi connectivity index (χ4v) is 5.67. The van der Waals surface area contributed by atoms with Crippen LogP contribution in [-0.4, -0.2) is 48.0 Å². The van der Waals surface area contributed by atoms with Crippen LogP contribution in [0.2, 0.25) is 0 Å². The van der Waals surface area contributed by atoms with Crippen LogP contribution in [-0.2, 0) is 4.79 Å². The Kier molecular flexibility index (Phi) is 7.60. The summed E-state index contributed by atoms with van der Waals surface area (Å²) in [5, 5.41) is 1.10. The van der Waals surface area contributed by atoms with Crippen molar-refractivity contribution in [3.8, 4) is 0 Å². The van der Waals surface area contributed by atoms with E-state index in [1.165, 1.54) is 24.1 Å². The topological polar surface area (TPSA) is 62.5 Å². The molecule has 148 valence electrons. The predicted octanol–water partition coefficient (Wildman–Crippen LogP) is 3.10. The van der Waals surface area contributed by atoms with E-state index in [4.69, 9.17) is 5.73 Å². The number of rotatable bonds is 2. The van der Waals surface area contributed by atoms with Gasteiger partial charge in [0.05, 0.1) is 0 Å². The van der Waals surface area contributed by atoms with Gasteiger partial charge in [-0.15, -0.1) is 36.2 Å². The quantitative estimate of drug-likeness (QED) is 0.797. The summed E-state index contributed by atoms with van der Waals surface area (Å²) in [5.74, 6) is 1.75. The molecule has 0 aromatic carbocycles. The molecule has 8 heteroatoms. The van der Waals surface area contributed by atoms with E-state index in [2.05, 4.69) is 21.7 Å². The molecule has 1 amide bonds. The summed E-state index contributed by atoms with van der Waals surface area (Å²) in [5.41, 5.74) is 6.37. The van der Waals surface area contributed by atoms with Crippen molar-refractivity contribution in [2.24, 2.45) is 23.5 Å². The number of hydrogen-bond donors (Lipinski definition) is 1. The molecule has 2 N–H and O–H groups in total. The molecule has 2 atom stereocenters. The highest BCUT2D eigenvalue weighted by atomic mass is 35.5. The van der Waals surface area contributed by atoms with E-state index in [1.54, 1.807) is 11.3 Å². The number of thiazole rings is 1. The average molecular weight is 421 g/mol. The van der Waals surface area contributed by atoms with Crippen LogP contribution in [0, 0.1) is 24.7 Å². The van der Waals surface area contributed by atoms with Crippen molar-refractivity contribution in [2.45, 2.75) is 45.1 Å². The number of carbonyl (C=O) groups is 1. The van der Waals surface area contributed by atoms with Crippen LogP contribution in [0.25, 0.3) is 0 Å². The molecule has 2 saturated carbocycles. The lowest BCUT2D eigenvalue weighted by molar-refractivity contribution is -0.138. The van der Waals surface area contributed by atoms with Crippen LogP contribution < -0.4 is 10.6 Å². The van der Waals surface area contributed by atoms with E-state index in [1.807, 2.05) is 6.20 Å². The second-order valence-corrected chi connectivity index (χ2v) is 8.98. The number of halogens is 2. The fraction of sp³-hybridized carbons (Fsp3) is 0.778. The minimum absolute atomic E-state index is 0. The van der Waals surface area contributed by atoms with Crippen molar-refractivity contribution < 1.29 is 4.79 Å². The van der Waals surface area contributed by atoms with Gasteiger partial charge in [-0.25, -0.2) is 4.98 Å². The normalized spacial score (nSPS) is 31.0. The van der Waals surface area contributed by atoms with E-state index in [0.717, 1.165) is 44.2 Å². The second kappa shape index (κ2) is 9.09. The highest BCUT2D eigenvalue weighted by Crippen LogP contribution is 2.42. The third kappa shape index (κ3) is 4.29. The van der Waals surface area contributed by atoms with E-state index >= 15 is 0 Å². The monoisotopic (exact) mass is 420 g/mol. The summed E-state index contributed by atoms with van der Waals surface area (Å²) >= 11 is 1.74. The van der Waals surface area contributed by atoms with Crippen LogP contribution in [0.5, 0.6) is 0 Å². The molecule has 5 nitrogen and oxygen atoms in total. The lowest BCUT2D eigenvalue weighted by Gasteiger charge is -2.45. The number of piperazine rings is 1. The van der Waals surface area contributed by atoms with Crippen molar-refractivity contribution >= 4 is 47.2 Å². The van der Waals surface area contributed by atoms with Crippen molar-refractivity contribution in [3.63, 3.8) is 0 Å². The Labute approximate surface area is 172 Å². The Morgan fingerprint density at radius 2 is 1.77 bits per heavy atom. The minimum Gasteiger partial charge on any atom is -0.345 e. The number of hydrogen-bond acceptors (Lipinski definition) is 5. The Balaban J connectivity index is 0.00000121. The lowest BCUT2D eigenvalue weighted by Crippen LogP contribution is -2.53. The zero-order chi connectivity index (χ0) is 16.7. The van der Waals surface area contributed by atoms with E-state index in [9.17, 15) is 4.79 Å². The number of carbonyl (C=O) groups excluding carboxylic acids is 1. The molecule has 3 fully saturated rings. The zero-order valence-corrected chi connectivity index (χ0v) is 17.8. The van der Waals surface area contributed by atoms with Gasteiger partial charge in [-0.3, -0.25) is 4.79 Å². The van der Waals surface area contributed by atoms with Crippen molar-refractivity contribution in [1.29, 1.82) is 0 Å². The maximum absolute atomic E-state index is 13.0. The van der Waals surface area contributed by atoms with Gasteiger partial charge in [0.1, 0.15) is 0 Å². The highest BCUT2D eigenvalue weighted by molar-refractivity contribution is 7.15. The molecule has 2 heterocycles. The maximum atomic E-state index is 13.0. The molecule has 1 saturated heterocycles. The first-order valence-electron chi connectivity index (χ1n) is 9.33. The summed E-state index contributed by atoms with van der Waals surface area (Å²) < 4.78 is 0. The third-order valence-corrected chi connectivity index (χ3v) is 7.21. The summed E-state index contributed by atoms with van der Waals surface area (Å²) in [4.78, 5) is 23.1. The van der Waals surface area contributed by atoms with Crippen molar-refractivity contribution in [2.75, 3.05) is 31.1 Å². The van der Waals surface area contributed by atoms with Gasteiger partial charge in [0.25, 0.3) is 0 Å². The SMILES string of the molecule is Cc1cnc(N2CCN(C(=O)C3CC4CCCC(C3)C4N)CC2)s1.Cl.Cl. The van der Waals surface area contributed by atoms with Gasteiger partial charge >= 0.3 is 0 Å². The molecule has 2 unspecified atom stereocenters. The molecule has 3 aliphatic rings. The van der Waals surface area contributed by atoms with Gasteiger partial charge in [-0.05, 0) is 44.4 Å². The Bertz CT molecular complexity index is 592. The van der Waals surface area contributed by atoms with Gasteiger partial charge in [0.15, 0.2) is 5.13 Å². The number of fused-ring (bicyclic) bond motifs is 2.